The van der Waals surface area contributed by atoms with Gasteiger partial charge in [-0.25, -0.2) is 0 Å². The zero-order valence-electron chi connectivity index (χ0n) is 13.1. The maximum atomic E-state index is 10.1. The Hall–Kier alpha value is -0.160. The van der Waals surface area contributed by atoms with Gasteiger partial charge in [-0.1, -0.05) is 13.8 Å². The number of β-amino-alcohol motifs (C(OH)–C–C–N with tert-alkyl or cyclic N) is 1. The van der Waals surface area contributed by atoms with Crippen molar-refractivity contribution in [1.82, 2.24) is 4.90 Å². The van der Waals surface area contributed by atoms with Crippen LogP contribution in [0.25, 0.3) is 0 Å². The number of rotatable bonds is 6. The minimum absolute atomic E-state index is 0.251. The van der Waals surface area contributed by atoms with E-state index in [0.717, 1.165) is 39.1 Å². The smallest absolute Gasteiger partial charge is 0.0900 e. The monoisotopic (exact) mass is 285 g/mol. The number of aliphatic hydroxyl groups excluding tert-OH is 1. The lowest BCUT2D eigenvalue weighted by atomic mass is 9.85. The Kier molecular flexibility index (Phi) is 6.27. The van der Waals surface area contributed by atoms with Crippen molar-refractivity contribution in [3.05, 3.63) is 0 Å². The Morgan fingerprint density at radius 1 is 1.30 bits per heavy atom. The Bertz CT molecular complexity index is 277. The predicted molar refractivity (Wildman–Crippen MR) is 79.9 cm³/mol. The molecule has 0 aromatic carbocycles. The zero-order valence-corrected chi connectivity index (χ0v) is 13.1. The van der Waals surface area contributed by atoms with Crippen molar-refractivity contribution in [3.63, 3.8) is 0 Å². The van der Waals surface area contributed by atoms with Crippen LogP contribution in [0.3, 0.4) is 0 Å². The van der Waals surface area contributed by atoms with Gasteiger partial charge in [0.25, 0.3) is 0 Å². The van der Waals surface area contributed by atoms with Crippen LogP contribution in [-0.2, 0) is 9.47 Å². The first kappa shape index (κ1) is 16.2. The van der Waals surface area contributed by atoms with Crippen molar-refractivity contribution < 1.29 is 14.6 Å². The lowest BCUT2D eigenvalue weighted by Crippen LogP contribution is -2.36. The second-order valence-corrected chi connectivity index (χ2v) is 7.14. The van der Waals surface area contributed by atoms with E-state index in [9.17, 15) is 5.11 Å². The second kappa shape index (κ2) is 7.74. The van der Waals surface area contributed by atoms with E-state index >= 15 is 0 Å². The van der Waals surface area contributed by atoms with E-state index in [1.165, 1.54) is 19.3 Å². The summed E-state index contributed by atoms with van der Waals surface area (Å²) in [4.78, 5) is 2.38. The number of likely N-dealkylation sites (tertiary alicyclic amines) is 1. The van der Waals surface area contributed by atoms with Gasteiger partial charge in [0.05, 0.1) is 25.4 Å². The predicted octanol–water partition coefficient (Wildman–Crippen LogP) is 2.05. The van der Waals surface area contributed by atoms with E-state index in [4.69, 9.17) is 9.47 Å². The lowest BCUT2D eigenvalue weighted by molar-refractivity contribution is -0.0250. The van der Waals surface area contributed by atoms with Crippen molar-refractivity contribution in [1.29, 1.82) is 0 Å². The first-order chi connectivity index (χ1) is 9.55. The number of hydrogen-bond acceptors (Lipinski definition) is 4. The van der Waals surface area contributed by atoms with Crippen LogP contribution in [0.5, 0.6) is 0 Å². The lowest BCUT2D eigenvalue weighted by Gasteiger charge is -2.25. The summed E-state index contributed by atoms with van der Waals surface area (Å²) in [7, 11) is 0. The molecule has 0 radical (unpaired) electrons. The first-order valence-corrected chi connectivity index (χ1v) is 8.15. The molecule has 0 aromatic rings. The number of nitrogens with zero attached hydrogens (tertiary/aromatic N) is 1. The van der Waals surface area contributed by atoms with E-state index in [-0.39, 0.29) is 12.2 Å². The molecule has 2 rings (SSSR count). The van der Waals surface area contributed by atoms with Crippen LogP contribution in [0.4, 0.5) is 0 Å². The van der Waals surface area contributed by atoms with E-state index in [1.54, 1.807) is 0 Å². The van der Waals surface area contributed by atoms with Gasteiger partial charge in [0.15, 0.2) is 0 Å². The summed E-state index contributed by atoms with van der Waals surface area (Å²) in [5.74, 6) is 0. The maximum absolute atomic E-state index is 10.1. The third kappa shape index (κ3) is 5.68. The Morgan fingerprint density at radius 3 is 2.90 bits per heavy atom. The Balaban J connectivity index is 1.59. The summed E-state index contributed by atoms with van der Waals surface area (Å²) >= 11 is 0. The van der Waals surface area contributed by atoms with Crippen LogP contribution in [0.2, 0.25) is 0 Å². The van der Waals surface area contributed by atoms with Crippen molar-refractivity contribution >= 4 is 0 Å². The molecule has 0 amide bonds. The Morgan fingerprint density at radius 2 is 2.15 bits per heavy atom. The van der Waals surface area contributed by atoms with E-state index in [2.05, 4.69) is 18.7 Å². The molecule has 0 aromatic heterocycles. The summed E-state index contributed by atoms with van der Waals surface area (Å²) < 4.78 is 11.1. The van der Waals surface area contributed by atoms with Crippen LogP contribution in [0.15, 0.2) is 0 Å². The Labute approximate surface area is 123 Å². The molecule has 0 bridgehead atoms. The molecule has 118 valence electrons. The third-order valence-electron chi connectivity index (χ3n) is 4.54. The molecule has 2 aliphatic heterocycles. The van der Waals surface area contributed by atoms with Crippen LogP contribution in [0.1, 0.15) is 46.0 Å². The summed E-state index contributed by atoms with van der Waals surface area (Å²) in [6.45, 7) is 9.54. The average Bonchev–Trinajstić information content (AvgIpc) is 2.83. The molecule has 1 N–H and O–H groups in total. The number of hydrogen-bond donors (Lipinski definition) is 1. The standard InChI is InChI=1S/C16H31NO3/c1-16(2)6-4-8-17(9-7-16)11-14(18)12-19-13-15-5-3-10-20-15/h14-15,18H,3-13H2,1-2H3. The SMILES string of the molecule is CC1(C)CCCN(CC(O)COCC2CCCO2)CC1. The minimum atomic E-state index is -0.377. The number of ether oxygens (including phenoxy) is 2. The van der Waals surface area contributed by atoms with Gasteiger partial charge < -0.3 is 19.5 Å². The van der Waals surface area contributed by atoms with Gasteiger partial charge >= 0.3 is 0 Å². The van der Waals surface area contributed by atoms with E-state index in [0.29, 0.717) is 18.6 Å². The van der Waals surface area contributed by atoms with E-state index < -0.39 is 0 Å². The molecule has 2 heterocycles. The van der Waals surface area contributed by atoms with Gasteiger partial charge in [-0.2, -0.15) is 0 Å². The molecule has 4 nitrogen and oxygen atoms in total. The third-order valence-corrected chi connectivity index (χ3v) is 4.54. The molecule has 0 spiro atoms. The van der Waals surface area contributed by atoms with Crippen molar-refractivity contribution in [2.45, 2.75) is 58.2 Å². The normalized spacial score (nSPS) is 29.2. The molecule has 0 aliphatic carbocycles. The molecule has 4 heteroatoms. The van der Waals surface area contributed by atoms with Gasteiger partial charge in [0, 0.05) is 13.2 Å². The molecule has 2 unspecified atom stereocenters. The zero-order chi connectivity index (χ0) is 14.4. The van der Waals surface area contributed by atoms with Gasteiger partial charge in [-0.15, -0.1) is 0 Å². The second-order valence-electron chi connectivity index (χ2n) is 7.14. The minimum Gasteiger partial charge on any atom is -0.389 e. The van der Waals surface area contributed by atoms with Crippen LogP contribution >= 0.6 is 0 Å². The molecule has 2 atom stereocenters. The van der Waals surface area contributed by atoms with Crippen LogP contribution in [-0.4, -0.2) is 61.7 Å². The molecule has 2 aliphatic rings. The molecule has 0 saturated carbocycles. The highest BCUT2D eigenvalue weighted by molar-refractivity contribution is 4.77. The number of aliphatic hydroxyl groups is 1. The highest BCUT2D eigenvalue weighted by atomic mass is 16.5. The quantitative estimate of drug-likeness (QED) is 0.811. The van der Waals surface area contributed by atoms with Crippen molar-refractivity contribution in [2.75, 3.05) is 39.5 Å². The van der Waals surface area contributed by atoms with Crippen LogP contribution in [0, 0.1) is 5.41 Å². The molecular formula is C16H31NO3. The molecule has 2 saturated heterocycles. The molecule has 20 heavy (non-hydrogen) atoms. The van der Waals surface area contributed by atoms with Gasteiger partial charge in [0.2, 0.25) is 0 Å². The summed E-state index contributed by atoms with van der Waals surface area (Å²) in [5.41, 5.74) is 0.454. The van der Waals surface area contributed by atoms with Gasteiger partial charge in [0.1, 0.15) is 0 Å². The molecule has 2 fully saturated rings. The first-order valence-electron chi connectivity index (χ1n) is 8.15. The highest BCUT2D eigenvalue weighted by Crippen LogP contribution is 2.29. The van der Waals surface area contributed by atoms with Crippen LogP contribution < -0.4 is 0 Å². The van der Waals surface area contributed by atoms with Crippen molar-refractivity contribution in [3.8, 4) is 0 Å². The molecular weight excluding hydrogens is 254 g/mol. The summed E-state index contributed by atoms with van der Waals surface area (Å²) in [5, 5.41) is 10.1. The topological polar surface area (TPSA) is 41.9 Å². The van der Waals surface area contributed by atoms with Gasteiger partial charge in [-0.05, 0) is 50.6 Å². The fourth-order valence-electron chi connectivity index (χ4n) is 3.12. The summed E-state index contributed by atoms with van der Waals surface area (Å²) in [6.07, 6.45) is 5.85. The van der Waals surface area contributed by atoms with E-state index in [1.807, 2.05) is 0 Å². The van der Waals surface area contributed by atoms with Gasteiger partial charge in [-0.3, -0.25) is 0 Å². The average molecular weight is 285 g/mol. The highest BCUT2D eigenvalue weighted by Gasteiger charge is 2.24. The largest absolute Gasteiger partial charge is 0.389 e. The summed E-state index contributed by atoms with van der Waals surface area (Å²) in [6, 6.07) is 0. The van der Waals surface area contributed by atoms with Crippen molar-refractivity contribution in [2.24, 2.45) is 5.41 Å². The maximum Gasteiger partial charge on any atom is 0.0900 e. The fraction of sp³-hybridized carbons (Fsp3) is 1.00. The fourth-order valence-corrected chi connectivity index (χ4v) is 3.12.